The van der Waals surface area contributed by atoms with Crippen molar-refractivity contribution in [1.82, 2.24) is 0 Å². The first kappa shape index (κ1) is 17.8. The summed E-state index contributed by atoms with van der Waals surface area (Å²) in [4.78, 5) is 11.8. The van der Waals surface area contributed by atoms with Crippen LogP contribution in [0.15, 0.2) is 48.5 Å². The van der Waals surface area contributed by atoms with Crippen molar-refractivity contribution in [2.24, 2.45) is 5.92 Å². The molecular formula is C21H23N3O2. The SMILES string of the molecule is N#CCCCOc1cccc(CNc2ccc(NC(=O)C3CC3)cc2)c1. The number of amides is 1. The van der Waals surface area contributed by atoms with E-state index in [9.17, 15) is 4.79 Å². The van der Waals surface area contributed by atoms with Crippen LogP contribution in [0.1, 0.15) is 31.2 Å². The Labute approximate surface area is 154 Å². The molecule has 134 valence electrons. The summed E-state index contributed by atoms with van der Waals surface area (Å²) in [6.07, 6.45) is 3.26. The molecule has 3 rings (SSSR count). The first-order valence-electron chi connectivity index (χ1n) is 8.98. The number of benzene rings is 2. The van der Waals surface area contributed by atoms with Crippen LogP contribution in [0.3, 0.4) is 0 Å². The molecule has 1 saturated carbocycles. The molecular weight excluding hydrogens is 326 g/mol. The summed E-state index contributed by atoms with van der Waals surface area (Å²) in [5.74, 6) is 1.15. The van der Waals surface area contributed by atoms with Crippen LogP contribution in [-0.2, 0) is 11.3 Å². The quantitative estimate of drug-likeness (QED) is 0.661. The molecule has 26 heavy (non-hydrogen) atoms. The maximum absolute atomic E-state index is 11.8. The molecule has 0 unspecified atom stereocenters. The van der Waals surface area contributed by atoms with E-state index in [0.717, 1.165) is 42.0 Å². The van der Waals surface area contributed by atoms with Crippen molar-refractivity contribution < 1.29 is 9.53 Å². The predicted octanol–water partition coefficient (Wildman–Crippen LogP) is 4.33. The highest BCUT2D eigenvalue weighted by Gasteiger charge is 2.29. The first-order chi connectivity index (χ1) is 12.7. The van der Waals surface area contributed by atoms with Crippen molar-refractivity contribution in [1.29, 1.82) is 5.26 Å². The summed E-state index contributed by atoms with van der Waals surface area (Å²) in [7, 11) is 0. The summed E-state index contributed by atoms with van der Waals surface area (Å²) in [6.45, 7) is 1.24. The number of nitrogens with one attached hydrogen (secondary N) is 2. The van der Waals surface area contributed by atoms with Gasteiger partial charge in [0, 0.05) is 30.3 Å². The van der Waals surface area contributed by atoms with Crippen molar-refractivity contribution >= 4 is 17.3 Å². The van der Waals surface area contributed by atoms with Gasteiger partial charge in [-0.15, -0.1) is 0 Å². The average Bonchev–Trinajstić information content (AvgIpc) is 3.50. The van der Waals surface area contributed by atoms with Crippen molar-refractivity contribution in [2.45, 2.75) is 32.2 Å². The fourth-order valence-electron chi connectivity index (χ4n) is 2.55. The first-order valence-corrected chi connectivity index (χ1v) is 8.98. The standard InChI is InChI=1S/C21H23N3O2/c22-12-1-2-13-26-20-5-3-4-16(14-20)15-23-18-8-10-19(11-9-18)24-21(25)17-6-7-17/h3-5,8-11,14,17,23H,1-2,6-7,13,15H2,(H,24,25). The van der Waals surface area contributed by atoms with Crippen molar-refractivity contribution in [3.63, 3.8) is 0 Å². The second-order valence-electron chi connectivity index (χ2n) is 6.45. The minimum Gasteiger partial charge on any atom is -0.494 e. The number of hydrogen-bond donors (Lipinski definition) is 2. The molecule has 0 aromatic heterocycles. The van der Waals surface area contributed by atoms with Crippen molar-refractivity contribution in [3.05, 3.63) is 54.1 Å². The monoisotopic (exact) mass is 349 g/mol. The van der Waals surface area contributed by atoms with E-state index >= 15 is 0 Å². The van der Waals surface area contributed by atoms with E-state index in [1.807, 2.05) is 48.5 Å². The van der Waals surface area contributed by atoms with E-state index in [1.54, 1.807) is 0 Å². The molecule has 0 spiro atoms. The Morgan fingerprint density at radius 2 is 1.92 bits per heavy atom. The van der Waals surface area contributed by atoms with E-state index in [1.165, 1.54) is 0 Å². The van der Waals surface area contributed by atoms with Crippen LogP contribution in [0, 0.1) is 17.2 Å². The smallest absolute Gasteiger partial charge is 0.227 e. The van der Waals surface area contributed by atoms with Crippen molar-refractivity contribution in [3.8, 4) is 11.8 Å². The van der Waals surface area contributed by atoms with Gasteiger partial charge in [0.1, 0.15) is 5.75 Å². The number of unbranched alkanes of at least 4 members (excludes halogenated alkanes) is 1. The third-order valence-electron chi connectivity index (χ3n) is 4.20. The minimum absolute atomic E-state index is 0.122. The molecule has 2 N–H and O–H groups in total. The number of carbonyl (C=O) groups is 1. The van der Waals surface area contributed by atoms with E-state index in [4.69, 9.17) is 10.00 Å². The summed E-state index contributed by atoms with van der Waals surface area (Å²) >= 11 is 0. The van der Waals surface area contributed by atoms with Crippen LogP contribution in [-0.4, -0.2) is 12.5 Å². The normalized spacial score (nSPS) is 12.9. The minimum atomic E-state index is 0.122. The molecule has 0 saturated heterocycles. The maximum Gasteiger partial charge on any atom is 0.227 e. The Hall–Kier alpha value is -3.00. The van der Waals surface area contributed by atoms with Crippen LogP contribution in [0.25, 0.3) is 0 Å². The molecule has 0 atom stereocenters. The Bertz CT molecular complexity index is 777. The van der Waals surface area contributed by atoms with Gasteiger partial charge in [-0.05, 0) is 61.2 Å². The zero-order chi connectivity index (χ0) is 18.2. The van der Waals surface area contributed by atoms with E-state index in [-0.39, 0.29) is 11.8 Å². The number of carbonyl (C=O) groups excluding carboxylic acids is 1. The largest absolute Gasteiger partial charge is 0.494 e. The summed E-state index contributed by atoms with van der Waals surface area (Å²) in [5, 5.41) is 14.8. The number of hydrogen-bond acceptors (Lipinski definition) is 4. The van der Waals surface area contributed by atoms with Gasteiger partial charge in [-0.25, -0.2) is 0 Å². The van der Waals surface area contributed by atoms with Gasteiger partial charge < -0.3 is 15.4 Å². The van der Waals surface area contributed by atoms with Gasteiger partial charge in [-0.3, -0.25) is 4.79 Å². The second-order valence-corrected chi connectivity index (χ2v) is 6.45. The van der Waals surface area contributed by atoms with Crippen LogP contribution in [0.2, 0.25) is 0 Å². The topological polar surface area (TPSA) is 74.2 Å². The summed E-state index contributed by atoms with van der Waals surface area (Å²) in [6, 6.07) is 17.8. The molecule has 2 aromatic rings. The fourth-order valence-corrected chi connectivity index (χ4v) is 2.55. The molecule has 0 heterocycles. The number of nitrogens with zero attached hydrogens (tertiary/aromatic N) is 1. The van der Waals surface area contributed by atoms with Gasteiger partial charge in [0.05, 0.1) is 12.7 Å². The number of anilines is 2. The predicted molar refractivity (Wildman–Crippen MR) is 102 cm³/mol. The fraction of sp³-hybridized carbons (Fsp3) is 0.333. The van der Waals surface area contributed by atoms with Crippen LogP contribution in [0.5, 0.6) is 5.75 Å². The molecule has 1 aliphatic rings. The molecule has 5 heteroatoms. The molecule has 1 amide bonds. The molecule has 0 bridgehead atoms. The Morgan fingerprint density at radius 1 is 1.15 bits per heavy atom. The molecule has 2 aromatic carbocycles. The molecule has 5 nitrogen and oxygen atoms in total. The lowest BCUT2D eigenvalue weighted by atomic mass is 10.2. The van der Waals surface area contributed by atoms with Crippen LogP contribution < -0.4 is 15.4 Å². The lowest BCUT2D eigenvalue weighted by Crippen LogP contribution is -2.13. The van der Waals surface area contributed by atoms with E-state index < -0.39 is 0 Å². The number of rotatable bonds is 9. The highest BCUT2D eigenvalue weighted by Crippen LogP contribution is 2.30. The Morgan fingerprint density at radius 3 is 2.65 bits per heavy atom. The highest BCUT2D eigenvalue weighted by atomic mass is 16.5. The van der Waals surface area contributed by atoms with E-state index in [2.05, 4.69) is 16.7 Å². The lowest BCUT2D eigenvalue weighted by molar-refractivity contribution is -0.117. The van der Waals surface area contributed by atoms with Gasteiger partial charge in [-0.1, -0.05) is 12.1 Å². The maximum atomic E-state index is 11.8. The van der Waals surface area contributed by atoms with E-state index in [0.29, 0.717) is 19.6 Å². The van der Waals surface area contributed by atoms with Crippen molar-refractivity contribution in [2.75, 3.05) is 17.2 Å². The third-order valence-corrected chi connectivity index (χ3v) is 4.20. The lowest BCUT2D eigenvalue weighted by Gasteiger charge is -2.10. The highest BCUT2D eigenvalue weighted by molar-refractivity contribution is 5.94. The number of nitriles is 1. The zero-order valence-corrected chi connectivity index (χ0v) is 14.7. The Kier molecular flexibility index (Phi) is 6.10. The Balaban J connectivity index is 1.47. The third kappa shape index (κ3) is 5.52. The average molecular weight is 349 g/mol. The molecule has 1 fully saturated rings. The second kappa shape index (κ2) is 8.91. The van der Waals surface area contributed by atoms with Gasteiger partial charge in [0.15, 0.2) is 0 Å². The van der Waals surface area contributed by atoms with Gasteiger partial charge in [-0.2, -0.15) is 5.26 Å². The van der Waals surface area contributed by atoms with Gasteiger partial charge in [0.25, 0.3) is 0 Å². The van der Waals surface area contributed by atoms with Gasteiger partial charge >= 0.3 is 0 Å². The van der Waals surface area contributed by atoms with Crippen LogP contribution >= 0.6 is 0 Å². The number of ether oxygens (including phenoxy) is 1. The summed E-state index contributed by atoms with van der Waals surface area (Å²) < 4.78 is 5.66. The summed E-state index contributed by atoms with van der Waals surface area (Å²) in [5.41, 5.74) is 2.95. The van der Waals surface area contributed by atoms with Gasteiger partial charge in [0.2, 0.25) is 5.91 Å². The zero-order valence-electron chi connectivity index (χ0n) is 14.7. The molecule has 0 radical (unpaired) electrons. The van der Waals surface area contributed by atoms with Crippen LogP contribution in [0.4, 0.5) is 11.4 Å². The molecule has 1 aliphatic carbocycles. The molecule has 0 aliphatic heterocycles.